The van der Waals surface area contributed by atoms with Crippen LogP contribution in [0, 0.1) is 0 Å². The Morgan fingerprint density at radius 2 is 2.07 bits per heavy atom. The lowest BCUT2D eigenvalue weighted by Crippen LogP contribution is -1.92. The molecule has 0 aromatic heterocycles. The van der Waals surface area contributed by atoms with Gasteiger partial charge in [-0.05, 0) is 11.5 Å². The van der Waals surface area contributed by atoms with Crippen molar-refractivity contribution in [1.82, 2.24) is 0 Å². The van der Waals surface area contributed by atoms with Crippen LogP contribution < -0.4 is 0 Å². The summed E-state index contributed by atoms with van der Waals surface area (Å²) >= 11 is 0. The summed E-state index contributed by atoms with van der Waals surface area (Å²) in [5.41, 5.74) is 1.20. The van der Waals surface area contributed by atoms with Gasteiger partial charge in [-0.2, -0.15) is 0 Å². The summed E-state index contributed by atoms with van der Waals surface area (Å²) in [6, 6.07) is 10.0. The van der Waals surface area contributed by atoms with Gasteiger partial charge >= 0.3 is 5.97 Å². The molecule has 1 aromatic carbocycles. The number of carboxylic acid groups (broad SMARTS) is 1. The molecule has 14 heavy (non-hydrogen) atoms. The maximum absolute atomic E-state index is 10.3. The number of hydrogen-bond donors (Lipinski definition) is 1. The molecule has 0 aliphatic rings. The Bertz CT molecular complexity index is 314. The normalized spacial score (nSPS) is 12.9. The van der Waals surface area contributed by atoms with Gasteiger partial charge in [-0.1, -0.05) is 49.4 Å². The van der Waals surface area contributed by atoms with Crippen molar-refractivity contribution >= 4 is 5.97 Å². The number of allylic oxidation sites excluding steroid dienone is 1. The molecule has 1 rings (SSSR count). The predicted octanol–water partition coefficient (Wildman–Crippen LogP) is 2.82. The average Bonchev–Trinajstić information content (AvgIpc) is 2.18. The minimum atomic E-state index is -0.790. The van der Waals surface area contributed by atoms with Crippen molar-refractivity contribution in [3.05, 3.63) is 48.0 Å². The maximum Gasteiger partial charge on any atom is 0.307 e. The number of benzene rings is 1. The molecule has 0 aliphatic heterocycles. The van der Waals surface area contributed by atoms with Gasteiger partial charge in [0.05, 0.1) is 6.42 Å². The summed E-state index contributed by atoms with van der Waals surface area (Å²) in [5.74, 6) is -0.517. The van der Waals surface area contributed by atoms with Crippen LogP contribution in [0.2, 0.25) is 0 Å². The molecule has 0 heterocycles. The SMILES string of the molecule is C[C@@H](/C=C\CC(=O)O)c1ccccc1. The van der Waals surface area contributed by atoms with Crippen LogP contribution in [0.4, 0.5) is 0 Å². The fourth-order valence-corrected chi connectivity index (χ4v) is 1.24. The number of hydrogen-bond acceptors (Lipinski definition) is 1. The average molecular weight is 190 g/mol. The van der Waals surface area contributed by atoms with Crippen molar-refractivity contribution in [2.75, 3.05) is 0 Å². The van der Waals surface area contributed by atoms with E-state index in [1.165, 1.54) is 5.56 Å². The van der Waals surface area contributed by atoms with Gasteiger partial charge in [0.25, 0.3) is 0 Å². The first-order valence-corrected chi connectivity index (χ1v) is 4.63. The zero-order chi connectivity index (χ0) is 10.4. The lowest BCUT2D eigenvalue weighted by atomic mass is 10.0. The van der Waals surface area contributed by atoms with E-state index in [9.17, 15) is 4.79 Å². The van der Waals surface area contributed by atoms with E-state index in [4.69, 9.17) is 5.11 Å². The molecular weight excluding hydrogens is 176 g/mol. The monoisotopic (exact) mass is 190 g/mol. The van der Waals surface area contributed by atoms with E-state index in [-0.39, 0.29) is 12.3 Å². The van der Waals surface area contributed by atoms with Crippen molar-refractivity contribution in [1.29, 1.82) is 0 Å². The highest BCUT2D eigenvalue weighted by Crippen LogP contribution is 2.15. The van der Waals surface area contributed by atoms with Gasteiger partial charge in [-0.3, -0.25) is 4.79 Å². The molecule has 2 nitrogen and oxygen atoms in total. The van der Waals surface area contributed by atoms with E-state index in [1.54, 1.807) is 6.08 Å². The predicted molar refractivity (Wildman–Crippen MR) is 56.2 cm³/mol. The lowest BCUT2D eigenvalue weighted by molar-refractivity contribution is -0.136. The molecule has 0 saturated carbocycles. The quantitative estimate of drug-likeness (QED) is 0.741. The van der Waals surface area contributed by atoms with E-state index in [2.05, 4.69) is 0 Å². The second kappa shape index (κ2) is 5.22. The molecule has 0 spiro atoms. The second-order valence-electron chi connectivity index (χ2n) is 3.23. The third-order valence-electron chi connectivity index (χ3n) is 2.04. The molecule has 2 heteroatoms. The van der Waals surface area contributed by atoms with Crippen LogP contribution in [0.25, 0.3) is 0 Å². The third-order valence-corrected chi connectivity index (χ3v) is 2.04. The Morgan fingerprint density at radius 1 is 1.43 bits per heavy atom. The largest absolute Gasteiger partial charge is 0.481 e. The van der Waals surface area contributed by atoms with E-state index in [1.807, 2.05) is 43.3 Å². The fourth-order valence-electron chi connectivity index (χ4n) is 1.24. The first kappa shape index (κ1) is 10.5. The minimum absolute atomic E-state index is 0.0944. The molecule has 0 radical (unpaired) electrons. The highest BCUT2D eigenvalue weighted by molar-refractivity contribution is 5.68. The topological polar surface area (TPSA) is 37.3 Å². The van der Waals surface area contributed by atoms with Crippen LogP contribution in [-0.4, -0.2) is 11.1 Å². The summed E-state index contributed by atoms with van der Waals surface area (Å²) < 4.78 is 0. The summed E-state index contributed by atoms with van der Waals surface area (Å²) in [6.45, 7) is 2.05. The van der Waals surface area contributed by atoms with Crippen molar-refractivity contribution in [3.8, 4) is 0 Å². The van der Waals surface area contributed by atoms with Gasteiger partial charge in [0.15, 0.2) is 0 Å². The molecule has 0 bridgehead atoms. The summed E-state index contributed by atoms with van der Waals surface area (Å²) in [7, 11) is 0. The number of rotatable bonds is 4. The molecule has 1 N–H and O–H groups in total. The zero-order valence-corrected chi connectivity index (χ0v) is 8.18. The molecule has 74 valence electrons. The minimum Gasteiger partial charge on any atom is -0.481 e. The van der Waals surface area contributed by atoms with Crippen LogP contribution in [0.15, 0.2) is 42.5 Å². The molecule has 0 amide bonds. The van der Waals surface area contributed by atoms with E-state index in [0.29, 0.717) is 0 Å². The summed E-state index contributed by atoms with van der Waals surface area (Å²) in [5, 5.41) is 8.45. The first-order chi connectivity index (χ1) is 6.70. The van der Waals surface area contributed by atoms with Crippen molar-refractivity contribution in [2.45, 2.75) is 19.3 Å². The van der Waals surface area contributed by atoms with Gasteiger partial charge in [0.1, 0.15) is 0 Å². The second-order valence-corrected chi connectivity index (χ2v) is 3.23. The van der Waals surface area contributed by atoms with Gasteiger partial charge < -0.3 is 5.11 Å². The van der Waals surface area contributed by atoms with Gasteiger partial charge in [-0.15, -0.1) is 0 Å². The Labute approximate surface area is 83.9 Å². The standard InChI is InChI=1S/C12H14O2/c1-10(6-5-9-12(13)14)11-7-3-2-4-8-11/h2-8,10H,9H2,1H3,(H,13,14)/b6-5-/t10-/m0/s1. The molecule has 0 aliphatic carbocycles. The van der Waals surface area contributed by atoms with Crippen molar-refractivity contribution in [2.24, 2.45) is 0 Å². The van der Waals surface area contributed by atoms with Crippen LogP contribution >= 0.6 is 0 Å². The first-order valence-electron chi connectivity index (χ1n) is 4.63. The van der Waals surface area contributed by atoms with E-state index in [0.717, 1.165) is 0 Å². The smallest absolute Gasteiger partial charge is 0.307 e. The van der Waals surface area contributed by atoms with Crippen LogP contribution in [-0.2, 0) is 4.79 Å². The van der Waals surface area contributed by atoms with Crippen molar-refractivity contribution in [3.63, 3.8) is 0 Å². The highest BCUT2D eigenvalue weighted by Gasteiger charge is 1.99. The van der Waals surface area contributed by atoms with E-state index >= 15 is 0 Å². The van der Waals surface area contributed by atoms with Crippen LogP contribution in [0.5, 0.6) is 0 Å². The summed E-state index contributed by atoms with van der Waals surface area (Å²) in [4.78, 5) is 10.3. The summed E-state index contributed by atoms with van der Waals surface area (Å²) in [6.07, 6.45) is 3.71. The molecule has 0 saturated heterocycles. The Kier molecular flexibility index (Phi) is 3.92. The Morgan fingerprint density at radius 3 is 2.64 bits per heavy atom. The van der Waals surface area contributed by atoms with E-state index < -0.39 is 5.97 Å². The van der Waals surface area contributed by atoms with Gasteiger partial charge in [-0.25, -0.2) is 0 Å². The highest BCUT2D eigenvalue weighted by atomic mass is 16.4. The molecule has 0 fully saturated rings. The maximum atomic E-state index is 10.3. The van der Waals surface area contributed by atoms with Crippen molar-refractivity contribution < 1.29 is 9.90 Å². The number of aliphatic carboxylic acids is 1. The molecule has 1 atom stereocenters. The number of carbonyl (C=O) groups is 1. The third kappa shape index (κ3) is 3.44. The Hall–Kier alpha value is -1.57. The molecule has 1 aromatic rings. The lowest BCUT2D eigenvalue weighted by Gasteiger charge is -2.05. The van der Waals surface area contributed by atoms with Crippen LogP contribution in [0.3, 0.4) is 0 Å². The molecule has 0 unspecified atom stereocenters. The van der Waals surface area contributed by atoms with Gasteiger partial charge in [0.2, 0.25) is 0 Å². The fraction of sp³-hybridized carbons (Fsp3) is 0.250. The number of carboxylic acids is 1. The zero-order valence-electron chi connectivity index (χ0n) is 8.18. The van der Waals surface area contributed by atoms with Gasteiger partial charge in [0, 0.05) is 0 Å². The Balaban J connectivity index is 2.54. The molecular formula is C12H14O2. The van der Waals surface area contributed by atoms with Crippen LogP contribution in [0.1, 0.15) is 24.8 Å².